The second kappa shape index (κ2) is 7.31. The summed E-state index contributed by atoms with van der Waals surface area (Å²) in [6.07, 6.45) is 1.08. The van der Waals surface area contributed by atoms with Gasteiger partial charge in [0.2, 0.25) is 0 Å². The number of hydrogen-bond donors (Lipinski definition) is 1. The maximum atomic E-state index is 12.4. The molecule has 5 nitrogen and oxygen atoms in total. The normalized spacial score (nSPS) is 18.5. The number of H-pyrrole nitrogens is 1. The second-order valence-corrected chi connectivity index (χ2v) is 8.10. The molecule has 0 saturated carbocycles. The van der Waals surface area contributed by atoms with Crippen LogP contribution in [0.3, 0.4) is 0 Å². The molecule has 2 aromatic heterocycles. The van der Waals surface area contributed by atoms with E-state index in [1.807, 2.05) is 19.9 Å². The molecular weight excluding hydrogens is 346 g/mol. The number of ether oxygens (including phenoxy) is 1. The van der Waals surface area contributed by atoms with E-state index >= 15 is 0 Å². The van der Waals surface area contributed by atoms with E-state index in [-0.39, 0.29) is 11.7 Å². The zero-order valence-electron chi connectivity index (χ0n) is 15.1. The first-order valence-corrected chi connectivity index (χ1v) is 9.78. The van der Waals surface area contributed by atoms with E-state index in [0.717, 1.165) is 46.0 Å². The predicted molar refractivity (Wildman–Crippen MR) is 105 cm³/mol. The molecule has 1 N–H and O–H groups in total. The summed E-state index contributed by atoms with van der Waals surface area (Å²) >= 11 is 1.60. The maximum Gasteiger partial charge on any atom is 0.259 e. The standard InChI is InChI=1S/C20H23N3O2S/c1-13-14(2)26-20-18(13)19(24)21-17(22-20)12-23-8-9-25-16(11-23)10-15-6-4-3-5-7-15/h3-7,16H,8-12H2,1-2H3,(H,21,22,24). The third kappa shape index (κ3) is 3.58. The van der Waals surface area contributed by atoms with Gasteiger partial charge < -0.3 is 9.72 Å². The van der Waals surface area contributed by atoms with E-state index in [2.05, 4.69) is 34.1 Å². The summed E-state index contributed by atoms with van der Waals surface area (Å²) in [6.45, 7) is 7.09. The van der Waals surface area contributed by atoms with Crippen LogP contribution in [0.1, 0.15) is 21.8 Å². The fraction of sp³-hybridized carbons (Fsp3) is 0.400. The van der Waals surface area contributed by atoms with Crippen molar-refractivity contribution in [3.63, 3.8) is 0 Å². The Kier molecular flexibility index (Phi) is 4.89. The molecule has 1 unspecified atom stereocenters. The molecule has 1 aliphatic rings. The molecule has 0 amide bonds. The Bertz CT molecular complexity index is 964. The fourth-order valence-corrected chi connectivity index (χ4v) is 4.56. The Labute approximate surface area is 156 Å². The molecule has 1 aromatic carbocycles. The minimum absolute atomic E-state index is 0.0269. The summed E-state index contributed by atoms with van der Waals surface area (Å²) in [4.78, 5) is 24.4. The Morgan fingerprint density at radius 1 is 1.31 bits per heavy atom. The third-order valence-corrected chi connectivity index (χ3v) is 6.09. The highest BCUT2D eigenvalue weighted by Crippen LogP contribution is 2.26. The van der Waals surface area contributed by atoms with Crippen molar-refractivity contribution in [3.8, 4) is 0 Å². The molecule has 3 heterocycles. The van der Waals surface area contributed by atoms with Crippen molar-refractivity contribution in [2.24, 2.45) is 0 Å². The molecule has 26 heavy (non-hydrogen) atoms. The van der Waals surface area contributed by atoms with Crippen LogP contribution in [0.4, 0.5) is 0 Å². The first kappa shape index (κ1) is 17.4. The van der Waals surface area contributed by atoms with Crippen LogP contribution in [0.2, 0.25) is 0 Å². The van der Waals surface area contributed by atoms with Crippen molar-refractivity contribution in [1.29, 1.82) is 0 Å². The van der Waals surface area contributed by atoms with Gasteiger partial charge in [-0.1, -0.05) is 30.3 Å². The molecule has 6 heteroatoms. The van der Waals surface area contributed by atoms with Crippen molar-refractivity contribution >= 4 is 21.6 Å². The molecule has 1 aliphatic heterocycles. The van der Waals surface area contributed by atoms with Crippen LogP contribution >= 0.6 is 11.3 Å². The average Bonchev–Trinajstić information content (AvgIpc) is 2.90. The van der Waals surface area contributed by atoms with Gasteiger partial charge in [0.1, 0.15) is 10.7 Å². The summed E-state index contributed by atoms with van der Waals surface area (Å²) in [5.41, 5.74) is 2.30. The van der Waals surface area contributed by atoms with Crippen LogP contribution in [0.25, 0.3) is 10.2 Å². The van der Waals surface area contributed by atoms with Crippen molar-refractivity contribution in [2.45, 2.75) is 32.9 Å². The average molecular weight is 369 g/mol. The van der Waals surface area contributed by atoms with E-state index in [9.17, 15) is 4.79 Å². The van der Waals surface area contributed by atoms with Gasteiger partial charge in [-0.3, -0.25) is 9.69 Å². The number of aromatic nitrogens is 2. The van der Waals surface area contributed by atoms with Crippen LogP contribution < -0.4 is 5.56 Å². The lowest BCUT2D eigenvalue weighted by Crippen LogP contribution is -2.43. The van der Waals surface area contributed by atoms with Crippen LogP contribution in [-0.4, -0.2) is 40.7 Å². The van der Waals surface area contributed by atoms with Gasteiger partial charge in [-0.15, -0.1) is 11.3 Å². The molecule has 1 atom stereocenters. The molecule has 1 fully saturated rings. The van der Waals surface area contributed by atoms with Gasteiger partial charge in [-0.05, 0) is 31.4 Å². The maximum absolute atomic E-state index is 12.4. The van der Waals surface area contributed by atoms with Gasteiger partial charge in [-0.2, -0.15) is 0 Å². The second-order valence-electron chi connectivity index (χ2n) is 6.89. The molecular formula is C20H23N3O2S. The van der Waals surface area contributed by atoms with Gasteiger partial charge in [0.25, 0.3) is 5.56 Å². The molecule has 136 valence electrons. The summed E-state index contributed by atoms with van der Waals surface area (Å²) in [7, 11) is 0. The lowest BCUT2D eigenvalue weighted by atomic mass is 10.1. The highest BCUT2D eigenvalue weighted by Gasteiger charge is 2.22. The minimum atomic E-state index is -0.0269. The molecule has 1 saturated heterocycles. The number of hydrogen-bond acceptors (Lipinski definition) is 5. The fourth-order valence-electron chi connectivity index (χ4n) is 3.51. The lowest BCUT2D eigenvalue weighted by Gasteiger charge is -2.32. The topological polar surface area (TPSA) is 58.2 Å². The van der Waals surface area contributed by atoms with Crippen molar-refractivity contribution in [2.75, 3.05) is 19.7 Å². The van der Waals surface area contributed by atoms with Crippen LogP contribution in [-0.2, 0) is 17.7 Å². The Hall–Kier alpha value is -2.02. The van der Waals surface area contributed by atoms with E-state index in [1.165, 1.54) is 5.56 Å². The SMILES string of the molecule is Cc1sc2nc(CN3CCOC(Cc4ccccc4)C3)[nH]c(=O)c2c1C. The highest BCUT2D eigenvalue weighted by molar-refractivity contribution is 7.18. The number of fused-ring (bicyclic) bond motifs is 1. The van der Waals surface area contributed by atoms with E-state index in [4.69, 9.17) is 9.72 Å². The predicted octanol–water partition coefficient (Wildman–Crippen LogP) is 3.04. The number of aromatic amines is 1. The molecule has 0 aliphatic carbocycles. The monoisotopic (exact) mass is 369 g/mol. The zero-order chi connectivity index (χ0) is 18.1. The molecule has 0 radical (unpaired) electrons. The van der Waals surface area contributed by atoms with Gasteiger partial charge in [0.05, 0.1) is 24.6 Å². The lowest BCUT2D eigenvalue weighted by molar-refractivity contribution is -0.0312. The number of rotatable bonds is 4. The number of nitrogens with one attached hydrogen (secondary N) is 1. The Morgan fingerprint density at radius 3 is 2.92 bits per heavy atom. The Balaban J connectivity index is 1.48. The van der Waals surface area contributed by atoms with E-state index < -0.39 is 0 Å². The number of morpholine rings is 1. The van der Waals surface area contributed by atoms with Crippen molar-refractivity contribution < 1.29 is 4.74 Å². The summed E-state index contributed by atoms with van der Waals surface area (Å²) in [5.74, 6) is 0.740. The molecule has 0 spiro atoms. The summed E-state index contributed by atoms with van der Waals surface area (Å²) in [5, 5.41) is 0.736. The minimum Gasteiger partial charge on any atom is -0.375 e. The Morgan fingerprint density at radius 2 is 2.12 bits per heavy atom. The van der Waals surface area contributed by atoms with Crippen molar-refractivity contribution in [1.82, 2.24) is 14.9 Å². The largest absolute Gasteiger partial charge is 0.375 e. The molecule has 0 bridgehead atoms. The van der Waals surface area contributed by atoms with Gasteiger partial charge in [-0.25, -0.2) is 4.98 Å². The van der Waals surface area contributed by atoms with Gasteiger partial charge in [0.15, 0.2) is 0 Å². The molecule has 4 rings (SSSR count). The first-order chi connectivity index (χ1) is 12.6. The van der Waals surface area contributed by atoms with E-state index in [0.29, 0.717) is 13.2 Å². The summed E-state index contributed by atoms with van der Waals surface area (Å²) < 4.78 is 5.93. The first-order valence-electron chi connectivity index (χ1n) is 8.97. The van der Waals surface area contributed by atoms with Gasteiger partial charge >= 0.3 is 0 Å². The van der Waals surface area contributed by atoms with E-state index in [1.54, 1.807) is 11.3 Å². The molecule has 3 aromatic rings. The smallest absolute Gasteiger partial charge is 0.259 e. The van der Waals surface area contributed by atoms with Crippen LogP contribution in [0.15, 0.2) is 35.1 Å². The van der Waals surface area contributed by atoms with Crippen molar-refractivity contribution in [3.05, 3.63) is 62.5 Å². The highest BCUT2D eigenvalue weighted by atomic mass is 32.1. The third-order valence-electron chi connectivity index (χ3n) is 4.99. The van der Waals surface area contributed by atoms with Crippen LogP contribution in [0, 0.1) is 13.8 Å². The van der Waals surface area contributed by atoms with Crippen LogP contribution in [0.5, 0.6) is 0 Å². The summed E-state index contributed by atoms with van der Waals surface area (Å²) in [6, 6.07) is 10.4. The quantitative estimate of drug-likeness (QED) is 0.768. The van der Waals surface area contributed by atoms with Gasteiger partial charge in [0, 0.05) is 18.0 Å². The number of nitrogens with zero attached hydrogens (tertiary/aromatic N) is 2. The number of benzene rings is 1. The number of aryl methyl sites for hydroxylation is 2. The zero-order valence-corrected chi connectivity index (χ0v) is 15.9. The number of thiophene rings is 1.